The first-order valence-corrected chi connectivity index (χ1v) is 21.6. The van der Waals surface area contributed by atoms with E-state index in [1.54, 1.807) is 11.1 Å². The van der Waals surface area contributed by atoms with Crippen molar-refractivity contribution in [2.45, 2.75) is 56.8 Å². The summed E-state index contributed by atoms with van der Waals surface area (Å²) in [6.07, 6.45) is 23.0. The molecule has 3 nitrogen and oxygen atoms in total. The van der Waals surface area contributed by atoms with E-state index in [9.17, 15) is 0 Å². The van der Waals surface area contributed by atoms with Gasteiger partial charge in [-0.3, -0.25) is 4.57 Å². The summed E-state index contributed by atoms with van der Waals surface area (Å²) in [4.78, 5) is 11.3. The smallest absolute Gasteiger partial charge is 0.235 e. The van der Waals surface area contributed by atoms with E-state index < -0.39 is 0 Å². The molecule has 5 aromatic carbocycles. The third kappa shape index (κ3) is 4.08. The molecule has 7 aliphatic rings. The lowest BCUT2D eigenvalue weighted by Gasteiger charge is -2.36. The van der Waals surface area contributed by atoms with E-state index in [1.165, 1.54) is 94.2 Å². The molecule has 2 unspecified atom stereocenters. The lowest BCUT2D eigenvalue weighted by molar-refractivity contribution is 0.594. The maximum atomic E-state index is 5.76. The van der Waals surface area contributed by atoms with Crippen molar-refractivity contribution in [3.8, 4) is 28.3 Å². The molecule has 0 N–H and O–H groups in total. The van der Waals surface area contributed by atoms with Crippen LogP contribution in [0.5, 0.6) is 0 Å². The summed E-state index contributed by atoms with van der Waals surface area (Å²) < 4.78 is 2.48. The lowest BCUT2D eigenvalue weighted by atomic mass is 9.68. The van der Waals surface area contributed by atoms with Crippen LogP contribution in [0, 0.1) is 5.92 Å². The standard InChI is InChI=1S/C56H41N3/c1-56(2)44-24-11-9-17-35(44)42-29-33(26-27-45(42)56)53-40-21-10-12-25-46(40)57-55(58-53)59-47-30-32-15-4-3-14-31(32)28-43(47)52-51-41-23-13-22-36-34-16-5-6-18-37(34)49(48(36)41)50(51)38-19-7-8-20-39(38)54(52)59/h3-5,7-9,11-17,19-20,22-30,38-39,49H,6,10,18,21H2,1-2H3/t38?,39?,49-/m0/s1. The second-order valence-corrected chi connectivity index (χ2v) is 18.2. The van der Waals surface area contributed by atoms with Crippen LogP contribution in [-0.4, -0.2) is 14.5 Å². The topological polar surface area (TPSA) is 30.7 Å². The van der Waals surface area contributed by atoms with Crippen molar-refractivity contribution in [2.75, 3.05) is 0 Å². The molecule has 0 saturated heterocycles. The molecular weight excluding hydrogens is 715 g/mol. The second kappa shape index (κ2) is 11.3. The molecule has 2 aromatic heterocycles. The van der Waals surface area contributed by atoms with Crippen molar-refractivity contribution in [3.05, 3.63) is 201 Å². The van der Waals surface area contributed by atoms with Crippen LogP contribution in [0.4, 0.5) is 0 Å². The number of rotatable bonds is 2. The molecule has 0 aliphatic heterocycles. The third-order valence-corrected chi connectivity index (χ3v) is 15.0. The summed E-state index contributed by atoms with van der Waals surface area (Å²) in [5, 5.41) is 3.78. The second-order valence-electron chi connectivity index (χ2n) is 18.2. The molecule has 7 aliphatic carbocycles. The van der Waals surface area contributed by atoms with E-state index >= 15 is 0 Å². The van der Waals surface area contributed by atoms with Gasteiger partial charge in [0.25, 0.3) is 0 Å². The Hall–Kier alpha value is -6.58. The Morgan fingerprint density at radius 3 is 2.36 bits per heavy atom. The van der Waals surface area contributed by atoms with Crippen molar-refractivity contribution >= 4 is 38.9 Å². The van der Waals surface area contributed by atoms with Crippen molar-refractivity contribution < 1.29 is 0 Å². The highest BCUT2D eigenvalue weighted by Crippen LogP contribution is 2.65. The predicted octanol–water partition coefficient (Wildman–Crippen LogP) is 13.4. The van der Waals surface area contributed by atoms with Crippen molar-refractivity contribution in [2.24, 2.45) is 5.92 Å². The predicted molar refractivity (Wildman–Crippen MR) is 242 cm³/mol. The largest absolute Gasteiger partial charge is 0.281 e. The van der Waals surface area contributed by atoms with Crippen molar-refractivity contribution in [3.63, 3.8) is 0 Å². The van der Waals surface area contributed by atoms with Crippen LogP contribution in [-0.2, 0) is 11.8 Å². The molecule has 59 heavy (non-hydrogen) atoms. The van der Waals surface area contributed by atoms with Gasteiger partial charge in [-0.2, -0.15) is 0 Å². The van der Waals surface area contributed by atoms with E-state index in [4.69, 9.17) is 9.97 Å². The van der Waals surface area contributed by atoms with Crippen LogP contribution in [0.3, 0.4) is 0 Å². The average molecular weight is 756 g/mol. The van der Waals surface area contributed by atoms with Gasteiger partial charge in [0.05, 0.1) is 16.9 Å². The fourth-order valence-electron chi connectivity index (χ4n) is 12.5. The maximum absolute atomic E-state index is 5.76. The molecule has 280 valence electrons. The molecule has 0 fully saturated rings. The Kier molecular flexibility index (Phi) is 6.22. The highest BCUT2D eigenvalue weighted by atomic mass is 15.2. The Morgan fingerprint density at radius 2 is 1.44 bits per heavy atom. The number of benzene rings is 5. The van der Waals surface area contributed by atoms with Crippen LogP contribution >= 0.6 is 0 Å². The number of hydrogen-bond acceptors (Lipinski definition) is 2. The molecule has 2 heterocycles. The molecule has 14 rings (SSSR count). The molecule has 0 saturated carbocycles. The summed E-state index contributed by atoms with van der Waals surface area (Å²) in [7, 11) is 0. The number of allylic oxidation sites excluding steroid dienone is 10. The van der Waals surface area contributed by atoms with Crippen LogP contribution in [0.25, 0.3) is 67.2 Å². The molecule has 0 spiro atoms. The molecule has 0 amide bonds. The Bertz CT molecular complexity index is 3320. The minimum atomic E-state index is -0.0493. The van der Waals surface area contributed by atoms with Gasteiger partial charge in [-0.1, -0.05) is 141 Å². The molecule has 3 atom stereocenters. The zero-order valence-electron chi connectivity index (χ0n) is 33.3. The molecule has 7 aromatic rings. The van der Waals surface area contributed by atoms with Crippen LogP contribution in [0.1, 0.15) is 95.3 Å². The van der Waals surface area contributed by atoms with Gasteiger partial charge in [-0.25, -0.2) is 9.97 Å². The SMILES string of the molecule is CC1(C)c2ccccc2-c2cc(-c3nc(-n4c5c(c6cc7ccccc7cc64)C4=C(C6C=CC=CC56)[C@H]5C6=C(C=CCC6)c6cccc4c65)nc4c3CCC=C4)ccc21. The minimum absolute atomic E-state index is 0.0493. The first-order valence-electron chi connectivity index (χ1n) is 21.6. The number of hydrogen-bond donors (Lipinski definition) is 0. The zero-order valence-corrected chi connectivity index (χ0v) is 33.3. The van der Waals surface area contributed by atoms with Gasteiger partial charge in [-0.15, -0.1) is 0 Å². The number of aromatic nitrogens is 3. The lowest BCUT2D eigenvalue weighted by Crippen LogP contribution is -2.25. The van der Waals surface area contributed by atoms with Gasteiger partial charge in [-0.05, 0) is 116 Å². The molecule has 3 heteroatoms. The Balaban J connectivity index is 1.08. The summed E-state index contributed by atoms with van der Waals surface area (Å²) in [6.45, 7) is 4.72. The van der Waals surface area contributed by atoms with Gasteiger partial charge in [0.15, 0.2) is 0 Å². The van der Waals surface area contributed by atoms with E-state index in [-0.39, 0.29) is 17.3 Å². The summed E-state index contributed by atoms with van der Waals surface area (Å²) in [5.74, 6) is 1.47. The quantitative estimate of drug-likeness (QED) is 0.176. The van der Waals surface area contributed by atoms with Crippen LogP contribution in [0.15, 0.2) is 151 Å². The van der Waals surface area contributed by atoms with Gasteiger partial charge >= 0.3 is 0 Å². The van der Waals surface area contributed by atoms with Gasteiger partial charge in [0.2, 0.25) is 5.95 Å². The Morgan fingerprint density at radius 1 is 0.678 bits per heavy atom. The highest BCUT2D eigenvalue weighted by molar-refractivity contribution is 6.10. The van der Waals surface area contributed by atoms with E-state index in [1.807, 2.05) is 0 Å². The molecule has 0 radical (unpaired) electrons. The average Bonchev–Trinajstić information content (AvgIpc) is 3.98. The summed E-state index contributed by atoms with van der Waals surface area (Å²) in [5.41, 5.74) is 24.2. The first-order chi connectivity index (χ1) is 29.0. The van der Waals surface area contributed by atoms with Crippen molar-refractivity contribution in [1.82, 2.24) is 14.5 Å². The Labute approximate surface area is 344 Å². The number of fused-ring (bicyclic) bond motifs is 16. The van der Waals surface area contributed by atoms with Crippen LogP contribution in [0.2, 0.25) is 0 Å². The third-order valence-electron chi connectivity index (χ3n) is 15.0. The van der Waals surface area contributed by atoms with E-state index in [0.717, 1.165) is 43.0 Å². The zero-order chi connectivity index (χ0) is 38.7. The van der Waals surface area contributed by atoms with Crippen LogP contribution < -0.4 is 0 Å². The minimum Gasteiger partial charge on any atom is -0.281 e. The summed E-state index contributed by atoms with van der Waals surface area (Å²) >= 11 is 0. The monoisotopic (exact) mass is 755 g/mol. The number of nitrogens with zero attached hydrogens (tertiary/aromatic N) is 3. The maximum Gasteiger partial charge on any atom is 0.235 e. The highest BCUT2D eigenvalue weighted by Gasteiger charge is 2.50. The van der Waals surface area contributed by atoms with Crippen molar-refractivity contribution in [1.29, 1.82) is 0 Å². The van der Waals surface area contributed by atoms with Gasteiger partial charge < -0.3 is 0 Å². The van der Waals surface area contributed by atoms with Gasteiger partial charge in [0.1, 0.15) is 0 Å². The van der Waals surface area contributed by atoms with E-state index in [0.29, 0.717) is 5.92 Å². The molecule has 0 bridgehead atoms. The van der Waals surface area contributed by atoms with E-state index in [2.05, 4.69) is 164 Å². The first kappa shape index (κ1) is 32.4. The molecular formula is C56H41N3. The fraction of sp³-hybridized carbons (Fsp3) is 0.179. The summed E-state index contributed by atoms with van der Waals surface area (Å²) in [6, 6.07) is 36.9. The fourth-order valence-corrected chi connectivity index (χ4v) is 12.5. The van der Waals surface area contributed by atoms with Gasteiger partial charge in [0, 0.05) is 50.9 Å². The normalized spacial score (nSPS) is 21.7.